The molecular weight excluding hydrogens is 430 g/mol. The molecule has 0 bridgehead atoms. The number of hydrogen-bond acceptors (Lipinski definition) is 6. The van der Waals surface area contributed by atoms with Crippen molar-refractivity contribution in [3.8, 4) is 17.2 Å². The van der Waals surface area contributed by atoms with Crippen LogP contribution in [-0.2, 0) is 9.59 Å². The van der Waals surface area contributed by atoms with E-state index in [1.54, 1.807) is 47.4 Å². The Morgan fingerprint density at radius 3 is 2.62 bits per heavy atom. The number of anilines is 1. The van der Waals surface area contributed by atoms with E-state index in [0.717, 1.165) is 18.4 Å². The van der Waals surface area contributed by atoms with Crippen LogP contribution in [0.4, 0.5) is 5.69 Å². The van der Waals surface area contributed by atoms with E-state index >= 15 is 0 Å². The van der Waals surface area contributed by atoms with Crippen molar-refractivity contribution in [3.63, 3.8) is 0 Å². The molecule has 1 heterocycles. The molecule has 1 saturated heterocycles. The van der Waals surface area contributed by atoms with Crippen LogP contribution < -0.4 is 24.8 Å². The van der Waals surface area contributed by atoms with Crippen LogP contribution >= 0.6 is 12.2 Å². The van der Waals surface area contributed by atoms with Gasteiger partial charge in [-0.1, -0.05) is 18.2 Å². The Balaban J connectivity index is 1.42. The number of carbonyl (C=O) groups is 2. The highest BCUT2D eigenvalue weighted by atomic mass is 32.1. The molecule has 0 atom stereocenters. The minimum atomic E-state index is -0.336. The number of thiocarbonyl (C=S) groups is 1. The maximum absolute atomic E-state index is 12.6. The molecule has 32 heavy (non-hydrogen) atoms. The van der Waals surface area contributed by atoms with Crippen molar-refractivity contribution < 1.29 is 23.8 Å². The van der Waals surface area contributed by atoms with Gasteiger partial charge in [0.25, 0.3) is 11.8 Å². The minimum Gasteiger partial charge on any atom is -0.495 e. The van der Waals surface area contributed by atoms with E-state index in [-0.39, 0.29) is 24.5 Å². The minimum absolute atomic E-state index is 0.121. The lowest BCUT2D eigenvalue weighted by Gasteiger charge is -2.13. The summed E-state index contributed by atoms with van der Waals surface area (Å²) in [4.78, 5) is 26.5. The summed E-state index contributed by atoms with van der Waals surface area (Å²) in [5, 5.41) is 6.18. The van der Waals surface area contributed by atoms with Gasteiger partial charge in [0.15, 0.2) is 23.2 Å². The van der Waals surface area contributed by atoms with Crippen LogP contribution in [0.1, 0.15) is 18.4 Å². The summed E-state index contributed by atoms with van der Waals surface area (Å²) in [7, 11) is 3.05. The first-order valence-electron chi connectivity index (χ1n) is 10.1. The van der Waals surface area contributed by atoms with E-state index < -0.39 is 0 Å². The first-order valence-corrected chi connectivity index (χ1v) is 10.5. The number of nitrogens with zero attached hydrogens (tertiary/aromatic N) is 1. The van der Waals surface area contributed by atoms with Gasteiger partial charge in [-0.15, -0.1) is 0 Å². The van der Waals surface area contributed by atoms with Gasteiger partial charge >= 0.3 is 0 Å². The molecule has 2 fully saturated rings. The zero-order chi connectivity index (χ0) is 22.7. The Morgan fingerprint density at radius 1 is 1.16 bits per heavy atom. The Bertz CT molecular complexity index is 1100. The summed E-state index contributed by atoms with van der Waals surface area (Å²) in [5.74, 6) is 0.954. The Hall–Kier alpha value is -3.59. The van der Waals surface area contributed by atoms with Gasteiger partial charge in [0, 0.05) is 6.04 Å². The number of amides is 2. The van der Waals surface area contributed by atoms with Crippen molar-refractivity contribution in [2.24, 2.45) is 0 Å². The third-order valence-corrected chi connectivity index (χ3v) is 5.36. The predicted molar refractivity (Wildman–Crippen MR) is 124 cm³/mol. The average molecular weight is 454 g/mol. The van der Waals surface area contributed by atoms with E-state index in [2.05, 4.69) is 10.6 Å². The third kappa shape index (κ3) is 4.67. The number of nitrogens with one attached hydrogen (secondary N) is 2. The third-order valence-electron chi connectivity index (χ3n) is 5.06. The Morgan fingerprint density at radius 2 is 1.91 bits per heavy atom. The molecule has 2 aliphatic rings. The standard InChI is InChI=1S/C23H23N3O5S/c1-29-18-6-4-3-5-16(18)24-21(27)13-31-19-10-7-14(12-20(19)30-2)11-17-22(28)26(15-8-9-15)23(32)25-17/h3-7,10-12,15H,8-9,13H2,1-2H3,(H,24,27)(H,25,32)/b17-11+. The number of para-hydroxylation sites is 2. The van der Waals surface area contributed by atoms with Crippen molar-refractivity contribution in [1.29, 1.82) is 0 Å². The van der Waals surface area contributed by atoms with Gasteiger partial charge < -0.3 is 24.8 Å². The fourth-order valence-corrected chi connectivity index (χ4v) is 3.69. The summed E-state index contributed by atoms with van der Waals surface area (Å²) in [6.07, 6.45) is 3.67. The molecule has 0 aromatic heterocycles. The molecule has 9 heteroatoms. The number of benzene rings is 2. The van der Waals surface area contributed by atoms with Gasteiger partial charge in [-0.05, 0) is 61.0 Å². The van der Waals surface area contributed by atoms with Gasteiger partial charge in [-0.25, -0.2) is 0 Å². The largest absolute Gasteiger partial charge is 0.495 e. The zero-order valence-corrected chi connectivity index (χ0v) is 18.5. The van der Waals surface area contributed by atoms with Crippen LogP contribution in [0, 0.1) is 0 Å². The van der Waals surface area contributed by atoms with Gasteiger partial charge in [0.1, 0.15) is 11.4 Å². The molecule has 1 aliphatic heterocycles. The van der Waals surface area contributed by atoms with E-state index in [1.165, 1.54) is 14.2 Å². The first kappa shape index (κ1) is 21.6. The van der Waals surface area contributed by atoms with Crippen molar-refractivity contribution in [3.05, 3.63) is 53.7 Å². The summed E-state index contributed by atoms with van der Waals surface area (Å²) in [5.41, 5.74) is 1.72. The van der Waals surface area contributed by atoms with Crippen molar-refractivity contribution >= 4 is 40.9 Å². The van der Waals surface area contributed by atoms with E-state index in [0.29, 0.717) is 33.7 Å². The van der Waals surface area contributed by atoms with Crippen LogP contribution in [0.2, 0.25) is 0 Å². The summed E-state index contributed by atoms with van der Waals surface area (Å²) in [6, 6.07) is 12.5. The van der Waals surface area contributed by atoms with Crippen LogP contribution in [0.5, 0.6) is 17.2 Å². The molecular formula is C23H23N3O5S. The lowest BCUT2D eigenvalue weighted by molar-refractivity contribution is -0.122. The quantitative estimate of drug-likeness (QED) is 0.469. The van der Waals surface area contributed by atoms with Crippen LogP contribution in [0.3, 0.4) is 0 Å². The monoisotopic (exact) mass is 453 g/mol. The highest BCUT2D eigenvalue weighted by Crippen LogP contribution is 2.32. The van der Waals surface area contributed by atoms with Crippen LogP contribution in [0.15, 0.2) is 48.2 Å². The number of ether oxygens (including phenoxy) is 3. The highest BCUT2D eigenvalue weighted by Gasteiger charge is 2.41. The molecule has 0 spiro atoms. The Labute approximate surface area is 191 Å². The zero-order valence-electron chi connectivity index (χ0n) is 17.7. The summed E-state index contributed by atoms with van der Waals surface area (Å²) >= 11 is 5.28. The number of hydrogen-bond donors (Lipinski definition) is 2. The van der Waals surface area contributed by atoms with E-state index in [1.807, 2.05) is 6.07 Å². The van der Waals surface area contributed by atoms with Crippen molar-refractivity contribution in [2.45, 2.75) is 18.9 Å². The number of rotatable bonds is 8. The molecule has 2 N–H and O–H groups in total. The van der Waals surface area contributed by atoms with E-state index in [4.69, 9.17) is 26.4 Å². The second kappa shape index (κ2) is 9.27. The lowest BCUT2D eigenvalue weighted by atomic mass is 10.1. The SMILES string of the molecule is COc1ccccc1NC(=O)COc1ccc(/C=C2/NC(=S)N(C3CC3)C2=O)cc1OC. The second-order valence-corrected chi connectivity index (χ2v) is 7.73. The fourth-order valence-electron chi connectivity index (χ4n) is 3.35. The molecule has 0 radical (unpaired) electrons. The van der Waals surface area contributed by atoms with E-state index in [9.17, 15) is 9.59 Å². The normalized spacial score (nSPS) is 16.7. The molecule has 2 aromatic carbocycles. The van der Waals surface area contributed by atoms with Gasteiger partial charge in [0.2, 0.25) is 0 Å². The van der Waals surface area contributed by atoms with Crippen LogP contribution in [-0.4, -0.2) is 48.7 Å². The molecule has 166 valence electrons. The number of carbonyl (C=O) groups excluding carboxylic acids is 2. The molecule has 1 saturated carbocycles. The van der Waals surface area contributed by atoms with Gasteiger partial charge in [-0.2, -0.15) is 0 Å². The second-order valence-electron chi connectivity index (χ2n) is 7.34. The lowest BCUT2D eigenvalue weighted by Crippen LogP contribution is -2.32. The molecule has 2 amide bonds. The van der Waals surface area contributed by atoms with Gasteiger partial charge in [-0.3, -0.25) is 14.5 Å². The highest BCUT2D eigenvalue weighted by molar-refractivity contribution is 7.80. The first-order chi connectivity index (χ1) is 15.5. The molecule has 8 nitrogen and oxygen atoms in total. The fraction of sp³-hybridized carbons (Fsp3) is 0.261. The van der Waals surface area contributed by atoms with Gasteiger partial charge in [0.05, 0.1) is 19.9 Å². The number of methoxy groups -OCH3 is 2. The average Bonchev–Trinajstić information content (AvgIpc) is 3.58. The maximum Gasteiger partial charge on any atom is 0.276 e. The molecule has 2 aromatic rings. The summed E-state index contributed by atoms with van der Waals surface area (Å²) in [6.45, 7) is -0.209. The molecule has 4 rings (SSSR count). The van der Waals surface area contributed by atoms with Crippen molar-refractivity contribution in [2.75, 3.05) is 26.1 Å². The summed E-state index contributed by atoms with van der Waals surface area (Å²) < 4.78 is 16.3. The van der Waals surface area contributed by atoms with Crippen molar-refractivity contribution in [1.82, 2.24) is 10.2 Å². The van der Waals surface area contributed by atoms with Crippen LogP contribution in [0.25, 0.3) is 6.08 Å². The Kier molecular flexibility index (Phi) is 6.27. The topological polar surface area (TPSA) is 89.1 Å². The maximum atomic E-state index is 12.6. The predicted octanol–water partition coefficient (Wildman–Crippen LogP) is 2.94. The molecule has 0 unspecified atom stereocenters. The molecule has 1 aliphatic carbocycles. The smallest absolute Gasteiger partial charge is 0.276 e.